The van der Waals surface area contributed by atoms with Crippen LogP contribution in [0, 0.1) is 0 Å². The van der Waals surface area contributed by atoms with E-state index in [0.717, 1.165) is 23.2 Å². The number of hydrogen-bond acceptors (Lipinski definition) is 6. The Kier molecular flexibility index (Phi) is 6.38. The van der Waals surface area contributed by atoms with Crippen LogP contribution < -0.4 is 4.90 Å². The molecule has 0 N–H and O–H groups in total. The van der Waals surface area contributed by atoms with Crippen LogP contribution in [0.4, 0.5) is 5.13 Å². The van der Waals surface area contributed by atoms with E-state index in [1.54, 1.807) is 29.2 Å². The SMILES string of the molecule is COC(=O)c1ccc(C(=O)N(CCCN(C)C)c2nc3ccccc3s2)cc1. The number of amides is 1. The minimum absolute atomic E-state index is 0.130. The van der Waals surface area contributed by atoms with Gasteiger partial charge in [-0.25, -0.2) is 9.78 Å². The maximum absolute atomic E-state index is 13.2. The smallest absolute Gasteiger partial charge is 0.337 e. The molecule has 0 atom stereocenters. The first-order chi connectivity index (χ1) is 13.5. The zero-order valence-corrected chi connectivity index (χ0v) is 17.0. The number of methoxy groups -OCH3 is 1. The number of rotatable bonds is 7. The molecule has 7 heteroatoms. The summed E-state index contributed by atoms with van der Waals surface area (Å²) >= 11 is 1.51. The highest BCUT2D eigenvalue weighted by Gasteiger charge is 2.21. The van der Waals surface area contributed by atoms with Crippen molar-refractivity contribution in [1.82, 2.24) is 9.88 Å². The van der Waals surface area contributed by atoms with Crippen LogP contribution in [0.1, 0.15) is 27.1 Å². The van der Waals surface area contributed by atoms with Gasteiger partial charge in [0.15, 0.2) is 5.13 Å². The van der Waals surface area contributed by atoms with Crippen LogP contribution in [0.2, 0.25) is 0 Å². The average molecular weight is 398 g/mol. The van der Waals surface area contributed by atoms with E-state index in [1.807, 2.05) is 38.4 Å². The highest BCUT2D eigenvalue weighted by molar-refractivity contribution is 7.22. The molecule has 0 bridgehead atoms. The summed E-state index contributed by atoms with van der Waals surface area (Å²) in [5.74, 6) is -0.553. The number of carbonyl (C=O) groups is 2. The molecule has 0 radical (unpaired) electrons. The molecule has 28 heavy (non-hydrogen) atoms. The number of benzene rings is 2. The first-order valence-electron chi connectivity index (χ1n) is 9.00. The zero-order valence-electron chi connectivity index (χ0n) is 16.2. The number of nitrogens with zero attached hydrogens (tertiary/aromatic N) is 3. The zero-order chi connectivity index (χ0) is 20.1. The molecule has 3 rings (SSSR count). The van der Waals surface area contributed by atoms with E-state index in [0.29, 0.717) is 22.8 Å². The number of anilines is 1. The molecule has 0 aliphatic rings. The molecule has 0 aliphatic carbocycles. The van der Waals surface area contributed by atoms with Crippen molar-refractivity contribution in [1.29, 1.82) is 0 Å². The molecule has 0 fully saturated rings. The van der Waals surface area contributed by atoms with Crippen molar-refractivity contribution in [3.8, 4) is 0 Å². The lowest BCUT2D eigenvalue weighted by atomic mass is 10.1. The van der Waals surface area contributed by atoms with Gasteiger partial charge in [0.2, 0.25) is 0 Å². The third-order valence-corrected chi connectivity index (χ3v) is 5.36. The van der Waals surface area contributed by atoms with Crippen LogP contribution in [-0.4, -0.2) is 56.1 Å². The fourth-order valence-corrected chi connectivity index (χ4v) is 3.82. The molecule has 0 unspecified atom stereocenters. The summed E-state index contributed by atoms with van der Waals surface area (Å²) in [5, 5.41) is 0.682. The molecule has 146 valence electrons. The van der Waals surface area contributed by atoms with Gasteiger partial charge in [0.25, 0.3) is 5.91 Å². The van der Waals surface area contributed by atoms with E-state index in [1.165, 1.54) is 18.4 Å². The number of ether oxygens (including phenoxy) is 1. The minimum atomic E-state index is -0.423. The Morgan fingerprint density at radius 2 is 1.68 bits per heavy atom. The van der Waals surface area contributed by atoms with Crippen LogP contribution in [0.25, 0.3) is 10.2 Å². The van der Waals surface area contributed by atoms with E-state index in [9.17, 15) is 9.59 Å². The summed E-state index contributed by atoms with van der Waals surface area (Å²) in [5.41, 5.74) is 1.81. The minimum Gasteiger partial charge on any atom is -0.465 e. The number of esters is 1. The first-order valence-corrected chi connectivity index (χ1v) is 9.82. The van der Waals surface area contributed by atoms with Crippen molar-refractivity contribution in [2.24, 2.45) is 0 Å². The second-order valence-electron chi connectivity index (χ2n) is 6.65. The molecule has 0 spiro atoms. The fraction of sp³-hybridized carbons (Fsp3) is 0.286. The van der Waals surface area contributed by atoms with Crippen LogP contribution in [-0.2, 0) is 4.74 Å². The van der Waals surface area contributed by atoms with Gasteiger partial charge in [0.05, 0.1) is 22.9 Å². The lowest BCUT2D eigenvalue weighted by molar-refractivity contribution is 0.0600. The van der Waals surface area contributed by atoms with Crippen molar-refractivity contribution in [3.05, 3.63) is 59.7 Å². The highest BCUT2D eigenvalue weighted by Crippen LogP contribution is 2.29. The van der Waals surface area contributed by atoms with Gasteiger partial charge in [-0.1, -0.05) is 23.5 Å². The van der Waals surface area contributed by atoms with Crippen LogP contribution in [0.5, 0.6) is 0 Å². The average Bonchev–Trinajstić information content (AvgIpc) is 3.14. The quantitative estimate of drug-likeness (QED) is 0.569. The third kappa shape index (κ3) is 4.55. The van der Waals surface area contributed by atoms with Gasteiger partial charge in [0, 0.05) is 12.1 Å². The Labute approximate surface area is 168 Å². The van der Waals surface area contributed by atoms with E-state index in [-0.39, 0.29) is 5.91 Å². The maximum atomic E-state index is 13.2. The fourth-order valence-electron chi connectivity index (χ4n) is 2.83. The van der Waals surface area contributed by atoms with Gasteiger partial charge in [-0.05, 0) is 63.5 Å². The topological polar surface area (TPSA) is 62.7 Å². The molecule has 2 aromatic carbocycles. The molecule has 0 saturated heterocycles. The van der Waals surface area contributed by atoms with E-state index < -0.39 is 5.97 Å². The van der Waals surface area contributed by atoms with Gasteiger partial charge in [-0.15, -0.1) is 0 Å². The molecule has 3 aromatic rings. The number of carbonyl (C=O) groups excluding carboxylic acids is 2. The van der Waals surface area contributed by atoms with Crippen molar-refractivity contribution in [2.45, 2.75) is 6.42 Å². The molecular weight excluding hydrogens is 374 g/mol. The van der Waals surface area contributed by atoms with Crippen LogP contribution in [0.15, 0.2) is 48.5 Å². The van der Waals surface area contributed by atoms with Crippen molar-refractivity contribution < 1.29 is 14.3 Å². The predicted molar refractivity (Wildman–Crippen MR) is 112 cm³/mol. The predicted octanol–water partition coefficient (Wildman–Crippen LogP) is 3.68. The van der Waals surface area contributed by atoms with E-state index in [2.05, 4.69) is 9.88 Å². The molecule has 1 aromatic heterocycles. The molecule has 0 saturated carbocycles. The molecule has 6 nitrogen and oxygen atoms in total. The summed E-state index contributed by atoms with van der Waals surface area (Å²) in [7, 11) is 5.35. The molecule has 1 amide bonds. The third-order valence-electron chi connectivity index (χ3n) is 4.30. The van der Waals surface area contributed by atoms with Crippen molar-refractivity contribution in [2.75, 3.05) is 39.2 Å². The Morgan fingerprint density at radius 3 is 2.32 bits per heavy atom. The Hall–Kier alpha value is -2.77. The van der Waals surface area contributed by atoms with Gasteiger partial charge in [-0.3, -0.25) is 9.69 Å². The number of thiazole rings is 1. The standard InChI is InChI=1S/C21H23N3O3S/c1-23(2)13-6-14-24(21-22-17-7-4-5-8-18(17)28-21)19(25)15-9-11-16(12-10-15)20(26)27-3/h4-5,7-12H,6,13-14H2,1-3H3. The lowest BCUT2D eigenvalue weighted by Gasteiger charge is -2.21. The monoisotopic (exact) mass is 397 g/mol. The largest absolute Gasteiger partial charge is 0.465 e. The Morgan fingerprint density at radius 1 is 1.00 bits per heavy atom. The molecule has 0 aliphatic heterocycles. The van der Waals surface area contributed by atoms with E-state index >= 15 is 0 Å². The summed E-state index contributed by atoms with van der Waals surface area (Å²) in [4.78, 5) is 33.3. The summed E-state index contributed by atoms with van der Waals surface area (Å²) in [6.45, 7) is 1.44. The number of para-hydroxylation sites is 1. The van der Waals surface area contributed by atoms with E-state index in [4.69, 9.17) is 4.74 Å². The Balaban J connectivity index is 1.88. The maximum Gasteiger partial charge on any atom is 0.337 e. The van der Waals surface area contributed by atoms with Crippen LogP contribution >= 0.6 is 11.3 Å². The number of aromatic nitrogens is 1. The second-order valence-corrected chi connectivity index (χ2v) is 7.66. The second kappa shape index (κ2) is 8.95. The summed E-state index contributed by atoms with van der Waals surface area (Å²) < 4.78 is 5.76. The molecule has 1 heterocycles. The number of hydrogen-bond donors (Lipinski definition) is 0. The van der Waals surface area contributed by atoms with Gasteiger partial charge >= 0.3 is 5.97 Å². The normalized spacial score (nSPS) is 11.0. The van der Waals surface area contributed by atoms with Gasteiger partial charge in [0.1, 0.15) is 0 Å². The lowest BCUT2D eigenvalue weighted by Crippen LogP contribution is -2.33. The number of fused-ring (bicyclic) bond motifs is 1. The van der Waals surface area contributed by atoms with Gasteiger partial charge in [-0.2, -0.15) is 0 Å². The van der Waals surface area contributed by atoms with Crippen molar-refractivity contribution >= 4 is 38.6 Å². The highest BCUT2D eigenvalue weighted by atomic mass is 32.1. The summed E-state index contributed by atoms with van der Waals surface area (Å²) in [6, 6.07) is 14.4. The van der Waals surface area contributed by atoms with Crippen molar-refractivity contribution in [3.63, 3.8) is 0 Å². The van der Waals surface area contributed by atoms with Crippen LogP contribution in [0.3, 0.4) is 0 Å². The molecular formula is C21H23N3O3S. The Bertz CT molecular complexity index is 933. The van der Waals surface area contributed by atoms with Gasteiger partial charge < -0.3 is 9.64 Å². The first kappa shape index (κ1) is 20.0. The summed E-state index contributed by atoms with van der Waals surface area (Å²) in [6.07, 6.45) is 0.828.